The molecule has 1 aliphatic heterocycles. The summed E-state index contributed by atoms with van der Waals surface area (Å²) in [7, 11) is 0. The lowest BCUT2D eigenvalue weighted by Crippen LogP contribution is -2.44. The van der Waals surface area contributed by atoms with Crippen LogP contribution < -0.4 is 5.32 Å². The average molecular weight is 245 g/mol. The molecule has 1 unspecified atom stereocenters. The molecular weight excluding hydrogens is 222 g/mol. The van der Waals surface area contributed by atoms with Gasteiger partial charge in [-0.3, -0.25) is 4.79 Å². The van der Waals surface area contributed by atoms with E-state index in [0.717, 1.165) is 31.5 Å². The first-order valence-electron chi connectivity index (χ1n) is 6.81. The fourth-order valence-electron chi connectivity index (χ4n) is 2.86. The second-order valence-corrected chi connectivity index (χ2v) is 5.94. The van der Waals surface area contributed by atoms with Gasteiger partial charge in [-0.15, -0.1) is 0 Å². The van der Waals surface area contributed by atoms with Gasteiger partial charge >= 0.3 is 0 Å². The molecule has 1 fully saturated rings. The number of carbonyl (C=O) groups is 1. The summed E-state index contributed by atoms with van der Waals surface area (Å²) in [5.74, 6) is 0.375. The largest absolute Gasteiger partial charge is 0.316 e. The minimum absolute atomic E-state index is 0.171. The first kappa shape index (κ1) is 13.3. The lowest BCUT2D eigenvalue weighted by Gasteiger charge is -2.32. The number of hydrogen-bond donors (Lipinski definition) is 1. The normalized spacial score (nSPS) is 23.9. The van der Waals surface area contributed by atoms with Crippen LogP contribution in [0.4, 0.5) is 0 Å². The van der Waals surface area contributed by atoms with Crippen LogP contribution in [-0.4, -0.2) is 18.9 Å². The summed E-state index contributed by atoms with van der Waals surface area (Å²) in [4.78, 5) is 12.5. The number of benzene rings is 1. The molecule has 1 aromatic carbocycles. The molecule has 0 aliphatic carbocycles. The topological polar surface area (TPSA) is 29.1 Å². The van der Waals surface area contributed by atoms with Crippen LogP contribution in [0.25, 0.3) is 0 Å². The van der Waals surface area contributed by atoms with Crippen molar-refractivity contribution < 1.29 is 4.79 Å². The minimum atomic E-state index is -0.171. The zero-order chi connectivity index (χ0) is 13.2. The molecule has 0 spiro atoms. The summed E-state index contributed by atoms with van der Waals surface area (Å²) >= 11 is 0. The highest BCUT2D eigenvalue weighted by Crippen LogP contribution is 2.28. The lowest BCUT2D eigenvalue weighted by atomic mass is 9.77. The van der Waals surface area contributed by atoms with E-state index in [2.05, 4.69) is 44.3 Å². The van der Waals surface area contributed by atoms with Crippen molar-refractivity contribution in [2.75, 3.05) is 13.1 Å². The third kappa shape index (κ3) is 2.99. The number of nitrogens with one attached hydrogen (secondary N) is 1. The maximum atomic E-state index is 12.5. The van der Waals surface area contributed by atoms with Gasteiger partial charge in [-0.2, -0.15) is 0 Å². The highest BCUT2D eigenvalue weighted by molar-refractivity contribution is 5.86. The molecule has 2 rings (SSSR count). The van der Waals surface area contributed by atoms with E-state index in [0.29, 0.717) is 12.2 Å². The number of hydrogen-bond acceptors (Lipinski definition) is 2. The molecule has 1 heterocycles. The van der Waals surface area contributed by atoms with Gasteiger partial charge < -0.3 is 5.32 Å². The maximum Gasteiger partial charge on any atom is 0.144 e. The molecule has 1 N–H and O–H groups in total. The van der Waals surface area contributed by atoms with Gasteiger partial charge in [0, 0.05) is 18.4 Å². The Morgan fingerprint density at radius 3 is 2.50 bits per heavy atom. The van der Waals surface area contributed by atoms with Crippen LogP contribution in [0.5, 0.6) is 0 Å². The van der Waals surface area contributed by atoms with Crippen molar-refractivity contribution in [2.24, 2.45) is 5.41 Å². The van der Waals surface area contributed by atoms with E-state index in [-0.39, 0.29) is 5.41 Å². The summed E-state index contributed by atoms with van der Waals surface area (Å²) in [6.45, 7) is 8.16. The molecule has 0 saturated carbocycles. The molecule has 1 saturated heterocycles. The highest BCUT2D eigenvalue weighted by Gasteiger charge is 2.33. The number of carbonyl (C=O) groups excluding carboxylic acids is 1. The average Bonchev–Trinajstić information content (AvgIpc) is 2.28. The Morgan fingerprint density at radius 1 is 1.28 bits per heavy atom. The number of ketones is 1. The Balaban J connectivity index is 2.10. The third-order valence-corrected chi connectivity index (χ3v) is 3.92. The number of Topliss-reactive ketones (excluding diaryl/α,β-unsaturated/α-hetero) is 1. The summed E-state index contributed by atoms with van der Waals surface area (Å²) in [6.07, 6.45) is 2.69. The van der Waals surface area contributed by atoms with Crippen LogP contribution in [-0.2, 0) is 11.2 Å². The Labute approximate surface area is 110 Å². The van der Waals surface area contributed by atoms with E-state index in [1.807, 2.05) is 0 Å². The number of piperidine rings is 1. The predicted molar refractivity (Wildman–Crippen MR) is 74.8 cm³/mol. The van der Waals surface area contributed by atoms with Crippen molar-refractivity contribution in [3.63, 3.8) is 0 Å². The first-order valence-corrected chi connectivity index (χ1v) is 6.81. The molecule has 0 radical (unpaired) electrons. The molecule has 2 nitrogen and oxygen atoms in total. The summed E-state index contributed by atoms with van der Waals surface area (Å²) in [5.41, 5.74) is 3.47. The van der Waals surface area contributed by atoms with Crippen LogP contribution >= 0.6 is 0 Å². The van der Waals surface area contributed by atoms with Gasteiger partial charge in [0.15, 0.2) is 0 Å². The molecule has 18 heavy (non-hydrogen) atoms. The zero-order valence-electron chi connectivity index (χ0n) is 11.7. The number of aryl methyl sites for hydroxylation is 2. The van der Waals surface area contributed by atoms with Crippen molar-refractivity contribution in [1.29, 1.82) is 0 Å². The van der Waals surface area contributed by atoms with Gasteiger partial charge in [-0.05, 0) is 38.8 Å². The summed E-state index contributed by atoms with van der Waals surface area (Å²) < 4.78 is 0. The Morgan fingerprint density at radius 2 is 1.94 bits per heavy atom. The lowest BCUT2D eigenvalue weighted by molar-refractivity contribution is -0.128. The smallest absolute Gasteiger partial charge is 0.144 e. The monoisotopic (exact) mass is 245 g/mol. The molecule has 1 aliphatic rings. The van der Waals surface area contributed by atoms with Crippen LogP contribution in [0.15, 0.2) is 18.2 Å². The van der Waals surface area contributed by atoms with E-state index in [1.165, 1.54) is 11.1 Å². The van der Waals surface area contributed by atoms with Crippen molar-refractivity contribution in [3.05, 3.63) is 34.9 Å². The van der Waals surface area contributed by atoms with Gasteiger partial charge in [0.2, 0.25) is 0 Å². The van der Waals surface area contributed by atoms with Crippen molar-refractivity contribution in [1.82, 2.24) is 5.32 Å². The molecule has 2 heteroatoms. The Kier molecular flexibility index (Phi) is 3.86. The SMILES string of the molecule is Cc1cc(C)cc(CC(=O)C2(C)CCCNC2)c1. The molecule has 0 aromatic heterocycles. The van der Waals surface area contributed by atoms with Gasteiger partial charge in [-0.1, -0.05) is 36.2 Å². The first-order chi connectivity index (χ1) is 8.49. The van der Waals surface area contributed by atoms with E-state index >= 15 is 0 Å². The fourth-order valence-corrected chi connectivity index (χ4v) is 2.86. The Hall–Kier alpha value is -1.15. The van der Waals surface area contributed by atoms with E-state index in [1.54, 1.807) is 0 Å². The summed E-state index contributed by atoms with van der Waals surface area (Å²) in [5, 5.41) is 3.34. The van der Waals surface area contributed by atoms with E-state index in [4.69, 9.17) is 0 Å². The molecule has 1 aromatic rings. The molecule has 1 atom stereocenters. The van der Waals surface area contributed by atoms with Crippen molar-refractivity contribution in [2.45, 2.75) is 40.0 Å². The van der Waals surface area contributed by atoms with Gasteiger partial charge in [0.05, 0.1) is 0 Å². The maximum absolute atomic E-state index is 12.5. The third-order valence-electron chi connectivity index (χ3n) is 3.92. The Bertz CT molecular complexity index is 424. The summed E-state index contributed by atoms with van der Waals surface area (Å²) in [6, 6.07) is 6.41. The van der Waals surface area contributed by atoms with Gasteiger partial charge in [0.25, 0.3) is 0 Å². The van der Waals surface area contributed by atoms with Crippen LogP contribution in [0.3, 0.4) is 0 Å². The van der Waals surface area contributed by atoms with E-state index in [9.17, 15) is 4.79 Å². The number of rotatable bonds is 3. The second kappa shape index (κ2) is 5.23. The standard InChI is InChI=1S/C16H23NO/c1-12-7-13(2)9-14(8-12)10-15(18)16(3)5-4-6-17-11-16/h7-9,17H,4-6,10-11H2,1-3H3. The van der Waals surface area contributed by atoms with Crippen LogP contribution in [0, 0.1) is 19.3 Å². The van der Waals surface area contributed by atoms with Crippen LogP contribution in [0.2, 0.25) is 0 Å². The molecule has 0 amide bonds. The van der Waals surface area contributed by atoms with Gasteiger partial charge in [0.1, 0.15) is 5.78 Å². The minimum Gasteiger partial charge on any atom is -0.316 e. The zero-order valence-corrected chi connectivity index (χ0v) is 11.7. The van der Waals surface area contributed by atoms with Crippen molar-refractivity contribution >= 4 is 5.78 Å². The predicted octanol–water partition coefficient (Wildman–Crippen LogP) is 2.80. The van der Waals surface area contributed by atoms with E-state index < -0.39 is 0 Å². The molecule has 98 valence electrons. The van der Waals surface area contributed by atoms with Crippen molar-refractivity contribution in [3.8, 4) is 0 Å². The quantitative estimate of drug-likeness (QED) is 0.887. The fraction of sp³-hybridized carbons (Fsp3) is 0.562. The second-order valence-electron chi connectivity index (χ2n) is 5.94. The van der Waals surface area contributed by atoms with Gasteiger partial charge in [-0.25, -0.2) is 0 Å². The van der Waals surface area contributed by atoms with Crippen LogP contribution in [0.1, 0.15) is 36.5 Å². The highest BCUT2D eigenvalue weighted by atomic mass is 16.1. The molecule has 0 bridgehead atoms. The molecular formula is C16H23NO.